The maximum absolute atomic E-state index is 14.0. The Labute approximate surface area is 178 Å². The highest BCUT2D eigenvalue weighted by Crippen LogP contribution is 2.29. The van der Waals surface area contributed by atoms with Gasteiger partial charge in [0.15, 0.2) is 0 Å². The largest absolute Gasteiger partial charge is 0.394 e. The maximum Gasteiger partial charge on any atom is 0.330 e. The smallest absolute Gasteiger partial charge is 0.330 e. The molecule has 1 aromatic rings. The van der Waals surface area contributed by atoms with Crippen LogP contribution >= 0.6 is 0 Å². The fraction of sp³-hybridized carbons (Fsp3) is 0.818. The van der Waals surface area contributed by atoms with Crippen molar-refractivity contribution in [3.8, 4) is 0 Å². The molecular formula is C22H38FN3O4. The van der Waals surface area contributed by atoms with Crippen molar-refractivity contribution in [1.29, 1.82) is 0 Å². The van der Waals surface area contributed by atoms with Crippen molar-refractivity contribution in [2.45, 2.75) is 96.7 Å². The summed E-state index contributed by atoms with van der Waals surface area (Å²) in [5.74, 6) is 0. The summed E-state index contributed by atoms with van der Waals surface area (Å²) in [6.45, 7) is 6.18. The Morgan fingerprint density at radius 1 is 1.13 bits per heavy atom. The number of rotatable bonds is 14. The third kappa shape index (κ3) is 7.32. The zero-order valence-electron chi connectivity index (χ0n) is 18.4. The van der Waals surface area contributed by atoms with Crippen LogP contribution in [0.4, 0.5) is 4.39 Å². The Morgan fingerprint density at radius 2 is 1.77 bits per heavy atom. The SMILES string of the molecule is CCCCCCN(CCCCCC)Cc1cn([C@H]2C[C@H](F)[C@@H](CO)O2)c(=O)[nH]c1=O. The number of aliphatic hydroxyl groups excluding tert-OH is 1. The summed E-state index contributed by atoms with van der Waals surface area (Å²) in [5.41, 5.74) is -0.541. The van der Waals surface area contributed by atoms with Crippen LogP contribution in [-0.2, 0) is 11.3 Å². The van der Waals surface area contributed by atoms with E-state index in [2.05, 4.69) is 23.7 Å². The lowest BCUT2D eigenvalue weighted by molar-refractivity contribution is -0.0357. The first-order chi connectivity index (χ1) is 14.5. The Hall–Kier alpha value is -1.51. The van der Waals surface area contributed by atoms with Crippen molar-refractivity contribution >= 4 is 0 Å². The number of ether oxygens (including phenoxy) is 1. The molecule has 0 aliphatic carbocycles. The molecule has 3 atom stereocenters. The van der Waals surface area contributed by atoms with Gasteiger partial charge in [-0.15, -0.1) is 0 Å². The fourth-order valence-corrected chi connectivity index (χ4v) is 3.91. The van der Waals surface area contributed by atoms with Crippen LogP contribution in [0.2, 0.25) is 0 Å². The van der Waals surface area contributed by atoms with Gasteiger partial charge in [0, 0.05) is 24.7 Å². The summed E-state index contributed by atoms with van der Waals surface area (Å²) in [5, 5.41) is 9.21. The minimum atomic E-state index is -1.34. The Balaban J connectivity index is 2.11. The van der Waals surface area contributed by atoms with E-state index >= 15 is 0 Å². The van der Waals surface area contributed by atoms with Crippen molar-refractivity contribution in [2.24, 2.45) is 0 Å². The number of aliphatic hydroxyl groups is 1. The summed E-state index contributed by atoms with van der Waals surface area (Å²) < 4.78 is 20.7. The molecule has 172 valence electrons. The van der Waals surface area contributed by atoms with Gasteiger partial charge >= 0.3 is 5.69 Å². The normalized spacial score (nSPS) is 21.6. The first kappa shape index (κ1) is 24.8. The Morgan fingerprint density at radius 3 is 2.30 bits per heavy atom. The van der Waals surface area contributed by atoms with Crippen LogP contribution < -0.4 is 11.2 Å². The Bertz CT molecular complexity index is 724. The predicted octanol–water partition coefficient (Wildman–Crippen LogP) is 3.12. The second-order valence-electron chi connectivity index (χ2n) is 8.28. The molecule has 0 bridgehead atoms. The number of aromatic nitrogens is 2. The fourth-order valence-electron chi connectivity index (χ4n) is 3.91. The topological polar surface area (TPSA) is 87.6 Å². The van der Waals surface area contributed by atoms with Gasteiger partial charge in [0.25, 0.3) is 5.56 Å². The Kier molecular flexibility index (Phi) is 10.7. The maximum atomic E-state index is 14.0. The average Bonchev–Trinajstić information content (AvgIpc) is 3.10. The number of hydrogen-bond donors (Lipinski definition) is 2. The standard InChI is InChI=1S/C22H38FN3O4/c1-3-5-7-9-11-25(12-10-8-6-4-2)14-17-15-26(22(29)24-21(17)28)20-13-18(23)19(16-27)30-20/h15,18-20,27H,3-14,16H2,1-2H3,(H,24,28,29)/t18-,19+,20+/m0/s1. The molecule has 8 heteroatoms. The summed E-state index contributed by atoms with van der Waals surface area (Å²) in [7, 11) is 0. The predicted molar refractivity (Wildman–Crippen MR) is 115 cm³/mol. The van der Waals surface area contributed by atoms with E-state index < -0.39 is 36.4 Å². The van der Waals surface area contributed by atoms with Crippen LogP contribution in [0.5, 0.6) is 0 Å². The molecule has 2 rings (SSSR count). The molecule has 1 aromatic heterocycles. The summed E-state index contributed by atoms with van der Waals surface area (Å²) in [6.07, 6.45) is 7.61. The second kappa shape index (κ2) is 13.0. The van der Waals surface area contributed by atoms with Gasteiger partial charge < -0.3 is 9.84 Å². The number of nitrogens with zero attached hydrogens (tertiary/aromatic N) is 2. The monoisotopic (exact) mass is 427 g/mol. The molecule has 1 fully saturated rings. The number of alkyl halides is 1. The zero-order valence-corrected chi connectivity index (χ0v) is 18.4. The second-order valence-corrected chi connectivity index (χ2v) is 8.28. The van der Waals surface area contributed by atoms with Gasteiger partial charge in [-0.1, -0.05) is 52.4 Å². The van der Waals surface area contributed by atoms with Gasteiger partial charge in [-0.3, -0.25) is 19.2 Å². The third-order valence-corrected chi connectivity index (χ3v) is 5.74. The minimum absolute atomic E-state index is 0.0195. The lowest BCUT2D eigenvalue weighted by atomic mass is 10.1. The van der Waals surface area contributed by atoms with Crippen molar-refractivity contribution in [3.63, 3.8) is 0 Å². The summed E-state index contributed by atoms with van der Waals surface area (Å²) in [6, 6.07) is 0. The molecule has 0 unspecified atom stereocenters. The van der Waals surface area contributed by atoms with Crippen LogP contribution in [0.25, 0.3) is 0 Å². The molecule has 7 nitrogen and oxygen atoms in total. The van der Waals surface area contributed by atoms with E-state index in [4.69, 9.17) is 4.74 Å². The minimum Gasteiger partial charge on any atom is -0.394 e. The number of H-pyrrole nitrogens is 1. The van der Waals surface area contributed by atoms with Crippen LogP contribution in [0.1, 0.15) is 83.4 Å². The molecule has 0 spiro atoms. The lowest BCUT2D eigenvalue weighted by Gasteiger charge is -2.23. The number of aromatic amines is 1. The van der Waals surface area contributed by atoms with E-state index in [9.17, 15) is 19.1 Å². The molecule has 1 saturated heterocycles. The molecule has 30 heavy (non-hydrogen) atoms. The summed E-state index contributed by atoms with van der Waals surface area (Å²) >= 11 is 0. The molecular weight excluding hydrogens is 389 g/mol. The molecule has 0 saturated carbocycles. The van der Waals surface area contributed by atoms with E-state index in [0.29, 0.717) is 12.1 Å². The van der Waals surface area contributed by atoms with E-state index in [0.717, 1.165) is 38.8 Å². The lowest BCUT2D eigenvalue weighted by Crippen LogP contribution is -2.37. The van der Waals surface area contributed by atoms with E-state index in [1.807, 2.05) is 0 Å². The van der Waals surface area contributed by atoms with Gasteiger partial charge in [0.2, 0.25) is 0 Å². The number of hydrogen-bond acceptors (Lipinski definition) is 5. The van der Waals surface area contributed by atoms with E-state index in [-0.39, 0.29) is 6.42 Å². The van der Waals surface area contributed by atoms with E-state index in [1.165, 1.54) is 36.4 Å². The molecule has 2 N–H and O–H groups in total. The third-order valence-electron chi connectivity index (χ3n) is 5.74. The molecule has 0 aromatic carbocycles. The summed E-state index contributed by atoms with van der Waals surface area (Å²) in [4.78, 5) is 29.3. The van der Waals surface area contributed by atoms with Gasteiger partial charge in [-0.2, -0.15) is 0 Å². The highest BCUT2D eigenvalue weighted by atomic mass is 19.1. The zero-order chi connectivity index (χ0) is 21.9. The number of nitrogens with one attached hydrogen (secondary N) is 1. The van der Waals surface area contributed by atoms with Crippen molar-refractivity contribution in [3.05, 3.63) is 32.6 Å². The van der Waals surface area contributed by atoms with Gasteiger partial charge in [-0.05, 0) is 25.9 Å². The average molecular weight is 428 g/mol. The van der Waals surface area contributed by atoms with Gasteiger partial charge in [0.1, 0.15) is 18.5 Å². The van der Waals surface area contributed by atoms with Crippen LogP contribution in [-0.4, -0.2) is 51.5 Å². The molecule has 0 radical (unpaired) electrons. The molecule has 1 aliphatic rings. The van der Waals surface area contributed by atoms with Crippen molar-refractivity contribution in [2.75, 3.05) is 19.7 Å². The molecule has 2 heterocycles. The molecule has 0 amide bonds. The highest BCUT2D eigenvalue weighted by Gasteiger charge is 2.36. The van der Waals surface area contributed by atoms with Gasteiger partial charge in [-0.25, -0.2) is 9.18 Å². The van der Waals surface area contributed by atoms with Crippen LogP contribution in [0.3, 0.4) is 0 Å². The number of unbranched alkanes of at least 4 members (excludes halogenated alkanes) is 6. The van der Waals surface area contributed by atoms with Crippen LogP contribution in [0.15, 0.2) is 15.8 Å². The van der Waals surface area contributed by atoms with Gasteiger partial charge in [0.05, 0.1) is 6.61 Å². The first-order valence-electron chi connectivity index (χ1n) is 11.5. The van der Waals surface area contributed by atoms with Crippen LogP contribution in [0, 0.1) is 0 Å². The highest BCUT2D eigenvalue weighted by molar-refractivity contribution is 5.05. The first-order valence-corrected chi connectivity index (χ1v) is 11.5. The quantitative estimate of drug-likeness (QED) is 0.446. The number of halogens is 1. The molecule has 1 aliphatic heterocycles. The van der Waals surface area contributed by atoms with E-state index in [1.54, 1.807) is 0 Å². The van der Waals surface area contributed by atoms with Crippen molar-refractivity contribution < 1.29 is 14.2 Å². The van der Waals surface area contributed by atoms with Crippen molar-refractivity contribution in [1.82, 2.24) is 14.5 Å².